The Morgan fingerprint density at radius 1 is 0.806 bits per heavy atom. The highest BCUT2D eigenvalue weighted by molar-refractivity contribution is 5.96. The van der Waals surface area contributed by atoms with Gasteiger partial charge in [-0.25, -0.2) is 4.79 Å². The van der Waals surface area contributed by atoms with Gasteiger partial charge in [-0.2, -0.15) is 0 Å². The predicted molar refractivity (Wildman–Crippen MR) is 123 cm³/mol. The Kier molecular flexibility index (Phi) is 11.8. The highest BCUT2D eigenvalue weighted by Gasteiger charge is 2.31. The van der Waals surface area contributed by atoms with Gasteiger partial charge in [0.2, 0.25) is 29.5 Å². The second kappa shape index (κ2) is 14.2. The molecule has 0 radical (unpaired) electrons. The maximum Gasteiger partial charge on any atom is 0.326 e. The van der Waals surface area contributed by atoms with E-state index in [1.165, 1.54) is 24.3 Å². The SMILES string of the molecule is NC(=O)CCC(NC(=O)C(CC(N)=O)NC(=O)C(N)CO)C(=O)NC(Cc1ccc(O)cc1)C(=O)O. The smallest absolute Gasteiger partial charge is 0.326 e. The Morgan fingerprint density at radius 2 is 1.33 bits per heavy atom. The van der Waals surface area contributed by atoms with Gasteiger partial charge in [0, 0.05) is 12.8 Å². The van der Waals surface area contributed by atoms with E-state index in [0.29, 0.717) is 5.56 Å². The third-order valence-electron chi connectivity index (χ3n) is 4.87. The molecule has 36 heavy (non-hydrogen) atoms. The molecule has 1 aromatic carbocycles. The summed E-state index contributed by atoms with van der Waals surface area (Å²) in [5.74, 6) is -6.23. The molecule has 0 aliphatic heterocycles. The molecule has 15 heteroatoms. The number of benzene rings is 1. The van der Waals surface area contributed by atoms with Crippen LogP contribution in [0.3, 0.4) is 0 Å². The Morgan fingerprint density at radius 3 is 1.83 bits per heavy atom. The molecule has 5 amide bonds. The quantitative estimate of drug-likeness (QED) is 0.110. The standard InChI is InChI=1S/C21H30N6O9/c22-12(9-28)18(32)26-14(8-17(24)31)20(34)25-13(5-6-16(23)30)19(33)27-15(21(35)36)7-10-1-3-11(29)4-2-10/h1-4,12-15,28-29H,5-9,22H2,(H2,23,30)(H2,24,31)(H,25,34)(H,26,32)(H,27,33)(H,35,36). The Balaban J connectivity index is 3.05. The van der Waals surface area contributed by atoms with Crippen LogP contribution in [0.25, 0.3) is 0 Å². The second-order valence-corrected chi connectivity index (χ2v) is 7.86. The predicted octanol–water partition coefficient (Wildman–Crippen LogP) is -4.07. The van der Waals surface area contributed by atoms with Gasteiger partial charge in [0.15, 0.2) is 0 Å². The van der Waals surface area contributed by atoms with Crippen LogP contribution < -0.4 is 33.2 Å². The zero-order valence-electron chi connectivity index (χ0n) is 19.2. The fraction of sp³-hybridized carbons (Fsp3) is 0.429. The van der Waals surface area contributed by atoms with E-state index in [4.69, 9.17) is 22.3 Å². The van der Waals surface area contributed by atoms with E-state index in [1.54, 1.807) is 0 Å². The third-order valence-corrected chi connectivity index (χ3v) is 4.87. The van der Waals surface area contributed by atoms with Crippen molar-refractivity contribution in [3.63, 3.8) is 0 Å². The molecule has 4 unspecified atom stereocenters. The van der Waals surface area contributed by atoms with Crippen LogP contribution in [0.2, 0.25) is 0 Å². The molecule has 15 nitrogen and oxygen atoms in total. The Labute approximate surface area is 205 Å². The number of primary amides is 2. The summed E-state index contributed by atoms with van der Waals surface area (Å²) in [6, 6.07) is -0.328. The molecule has 0 bridgehead atoms. The van der Waals surface area contributed by atoms with Gasteiger partial charge in [0.1, 0.15) is 29.9 Å². The lowest BCUT2D eigenvalue weighted by Crippen LogP contribution is -2.58. The van der Waals surface area contributed by atoms with Crippen LogP contribution in [0, 0.1) is 0 Å². The Hall–Kier alpha value is -4.24. The molecule has 0 saturated heterocycles. The van der Waals surface area contributed by atoms with Crippen LogP contribution >= 0.6 is 0 Å². The first-order valence-corrected chi connectivity index (χ1v) is 10.7. The van der Waals surface area contributed by atoms with Crippen molar-refractivity contribution in [3.8, 4) is 5.75 Å². The molecule has 1 aromatic rings. The average Bonchev–Trinajstić information content (AvgIpc) is 2.80. The highest BCUT2D eigenvalue weighted by Crippen LogP contribution is 2.12. The van der Waals surface area contributed by atoms with Gasteiger partial charge in [-0.15, -0.1) is 0 Å². The lowest BCUT2D eigenvalue weighted by molar-refractivity contribution is -0.142. The molecular formula is C21H30N6O9. The lowest BCUT2D eigenvalue weighted by Gasteiger charge is -2.24. The van der Waals surface area contributed by atoms with E-state index in [1.807, 2.05) is 0 Å². The van der Waals surface area contributed by atoms with Gasteiger partial charge in [0.25, 0.3) is 0 Å². The van der Waals surface area contributed by atoms with E-state index in [2.05, 4.69) is 16.0 Å². The van der Waals surface area contributed by atoms with Gasteiger partial charge in [-0.05, 0) is 24.1 Å². The topological polar surface area (TPSA) is 277 Å². The third kappa shape index (κ3) is 10.4. The van der Waals surface area contributed by atoms with Crippen LogP contribution in [-0.2, 0) is 35.2 Å². The molecule has 198 valence electrons. The summed E-state index contributed by atoms with van der Waals surface area (Å²) in [5.41, 5.74) is 16.1. The molecule has 0 aliphatic carbocycles. The number of aliphatic hydroxyl groups is 1. The number of aliphatic hydroxyl groups excluding tert-OH is 1. The van der Waals surface area contributed by atoms with E-state index < -0.39 is 72.7 Å². The maximum atomic E-state index is 12.9. The van der Waals surface area contributed by atoms with Gasteiger partial charge >= 0.3 is 5.97 Å². The lowest BCUT2D eigenvalue weighted by atomic mass is 10.0. The summed E-state index contributed by atoms with van der Waals surface area (Å²) in [6.45, 7) is -0.752. The Bertz CT molecular complexity index is 969. The molecule has 0 saturated carbocycles. The van der Waals surface area contributed by atoms with Crippen molar-refractivity contribution < 1.29 is 44.1 Å². The number of nitrogens with two attached hydrogens (primary N) is 3. The minimum Gasteiger partial charge on any atom is -0.508 e. The number of aliphatic carboxylic acids is 1. The van der Waals surface area contributed by atoms with Crippen molar-refractivity contribution in [2.45, 2.75) is 49.9 Å². The number of carboxylic acid groups (broad SMARTS) is 1. The minimum atomic E-state index is -1.58. The number of aromatic hydroxyl groups is 1. The maximum absolute atomic E-state index is 12.9. The molecule has 0 spiro atoms. The summed E-state index contributed by atoms with van der Waals surface area (Å²) >= 11 is 0. The summed E-state index contributed by atoms with van der Waals surface area (Å²) in [4.78, 5) is 71.9. The number of carbonyl (C=O) groups is 6. The first kappa shape index (κ1) is 29.8. The molecular weight excluding hydrogens is 480 g/mol. The number of amides is 5. The second-order valence-electron chi connectivity index (χ2n) is 7.86. The fourth-order valence-electron chi connectivity index (χ4n) is 2.94. The molecule has 0 aliphatic rings. The van der Waals surface area contributed by atoms with Crippen molar-refractivity contribution >= 4 is 35.5 Å². The van der Waals surface area contributed by atoms with E-state index in [-0.39, 0.29) is 25.0 Å². The van der Waals surface area contributed by atoms with Crippen LogP contribution in [0.15, 0.2) is 24.3 Å². The van der Waals surface area contributed by atoms with Crippen LogP contribution in [0.4, 0.5) is 0 Å². The van der Waals surface area contributed by atoms with E-state index >= 15 is 0 Å². The molecule has 4 atom stereocenters. The molecule has 1 rings (SSSR count). The number of hydrogen-bond donors (Lipinski definition) is 9. The number of phenolic OH excluding ortho intramolecular Hbond substituents is 1. The number of nitrogens with one attached hydrogen (secondary N) is 3. The molecule has 0 aromatic heterocycles. The van der Waals surface area contributed by atoms with Crippen LogP contribution in [-0.4, -0.2) is 81.6 Å². The zero-order valence-corrected chi connectivity index (χ0v) is 19.2. The number of phenols is 1. The summed E-state index contributed by atoms with van der Waals surface area (Å²) < 4.78 is 0. The van der Waals surface area contributed by atoms with Crippen LogP contribution in [0.5, 0.6) is 5.75 Å². The van der Waals surface area contributed by atoms with Crippen molar-refractivity contribution in [1.82, 2.24) is 16.0 Å². The fourth-order valence-corrected chi connectivity index (χ4v) is 2.94. The van der Waals surface area contributed by atoms with E-state index in [9.17, 15) is 39.0 Å². The molecule has 0 heterocycles. The summed E-state index contributed by atoms with van der Waals surface area (Å²) in [7, 11) is 0. The minimum absolute atomic E-state index is 0.0403. The number of rotatable bonds is 15. The van der Waals surface area contributed by atoms with Gasteiger partial charge in [-0.3, -0.25) is 24.0 Å². The molecule has 0 fully saturated rings. The summed E-state index contributed by atoms with van der Waals surface area (Å²) in [5, 5.41) is 34.5. The monoisotopic (exact) mass is 510 g/mol. The number of carboxylic acids is 1. The number of carbonyl (C=O) groups excluding carboxylic acids is 5. The van der Waals surface area contributed by atoms with Crippen molar-refractivity contribution in [2.24, 2.45) is 17.2 Å². The van der Waals surface area contributed by atoms with Gasteiger partial charge in [-0.1, -0.05) is 12.1 Å². The van der Waals surface area contributed by atoms with Gasteiger partial charge < -0.3 is 48.5 Å². The number of hydrogen-bond acceptors (Lipinski definition) is 9. The largest absolute Gasteiger partial charge is 0.508 e. The van der Waals surface area contributed by atoms with Crippen molar-refractivity contribution in [2.75, 3.05) is 6.61 Å². The first-order chi connectivity index (χ1) is 16.8. The van der Waals surface area contributed by atoms with Crippen LogP contribution in [0.1, 0.15) is 24.8 Å². The van der Waals surface area contributed by atoms with Crippen molar-refractivity contribution in [3.05, 3.63) is 29.8 Å². The normalized spacial score (nSPS) is 13.9. The van der Waals surface area contributed by atoms with E-state index in [0.717, 1.165) is 0 Å². The summed E-state index contributed by atoms with van der Waals surface area (Å²) in [6.07, 6.45) is -1.54. The highest BCUT2D eigenvalue weighted by atomic mass is 16.4. The zero-order chi connectivity index (χ0) is 27.4. The first-order valence-electron chi connectivity index (χ1n) is 10.7. The molecule has 12 N–H and O–H groups in total. The van der Waals surface area contributed by atoms with Gasteiger partial charge in [0.05, 0.1) is 13.0 Å². The van der Waals surface area contributed by atoms with Crippen molar-refractivity contribution in [1.29, 1.82) is 0 Å². The average molecular weight is 511 g/mol.